The molecule has 0 bridgehead atoms. The zero-order valence-electron chi connectivity index (χ0n) is 14.4. The molecule has 0 aliphatic carbocycles. The minimum Gasteiger partial charge on any atom is -0.496 e. The Labute approximate surface area is 149 Å². The summed E-state index contributed by atoms with van der Waals surface area (Å²) in [4.78, 5) is 15.7. The maximum Gasteiger partial charge on any atom is 0.258 e. The van der Waals surface area contributed by atoms with Crippen LogP contribution in [0.4, 0.5) is 0 Å². The van der Waals surface area contributed by atoms with Gasteiger partial charge in [-0.2, -0.15) is 5.10 Å². The number of rotatable bonds is 5. The van der Waals surface area contributed by atoms with E-state index < -0.39 is 6.10 Å². The number of amides is 1. The lowest BCUT2D eigenvalue weighted by atomic mass is 10.1. The van der Waals surface area contributed by atoms with Crippen LogP contribution in [0.3, 0.4) is 0 Å². The number of aliphatic hydroxyl groups excluding tert-OH is 1. The lowest BCUT2D eigenvalue weighted by molar-refractivity contribution is 0.0545. The van der Waals surface area contributed by atoms with E-state index in [0.29, 0.717) is 31.0 Å². The number of methoxy groups -OCH3 is 1. The molecule has 3 N–H and O–H groups in total. The van der Waals surface area contributed by atoms with Crippen LogP contribution < -0.4 is 14.8 Å². The molecule has 8 heteroatoms. The van der Waals surface area contributed by atoms with Crippen molar-refractivity contribution in [1.82, 2.24) is 20.1 Å². The number of aliphatic hydroxyl groups is 1. The van der Waals surface area contributed by atoms with Crippen molar-refractivity contribution < 1.29 is 19.4 Å². The molecular weight excluding hydrogens is 336 g/mol. The van der Waals surface area contributed by atoms with Gasteiger partial charge >= 0.3 is 0 Å². The van der Waals surface area contributed by atoms with E-state index >= 15 is 0 Å². The molecule has 4 rings (SSSR count). The van der Waals surface area contributed by atoms with Gasteiger partial charge in [0.05, 0.1) is 19.9 Å². The van der Waals surface area contributed by atoms with Gasteiger partial charge in [0.15, 0.2) is 0 Å². The van der Waals surface area contributed by atoms with E-state index in [9.17, 15) is 9.90 Å². The molecule has 1 aromatic carbocycles. The van der Waals surface area contributed by atoms with Gasteiger partial charge < -0.3 is 24.9 Å². The Kier molecular flexibility index (Phi) is 4.26. The molecular formula is C18H20N4O4. The van der Waals surface area contributed by atoms with Crippen molar-refractivity contribution in [1.29, 1.82) is 0 Å². The van der Waals surface area contributed by atoms with Gasteiger partial charge in [-0.05, 0) is 24.1 Å². The topological polar surface area (TPSA) is 101 Å². The molecule has 1 aliphatic heterocycles. The molecule has 0 fully saturated rings. The predicted octanol–water partition coefficient (Wildman–Crippen LogP) is 1.10. The molecule has 1 unspecified atom stereocenters. The van der Waals surface area contributed by atoms with Crippen LogP contribution >= 0.6 is 0 Å². The van der Waals surface area contributed by atoms with Gasteiger partial charge in [0.2, 0.25) is 5.88 Å². The standard InChI is InChI=1S/C18H20N4O4/c1-25-15-4-2-3-14-16(15)11(7-20-14)5-6-19-17(24)13-8-21-22-9-12(23)10-26-18(13)22/h2-4,7-8,12,20,23H,5-6,9-10H2,1H3,(H,19,24). The zero-order valence-corrected chi connectivity index (χ0v) is 14.4. The summed E-state index contributed by atoms with van der Waals surface area (Å²) in [5, 5.41) is 17.6. The van der Waals surface area contributed by atoms with Gasteiger partial charge in [0.1, 0.15) is 24.0 Å². The number of nitrogens with zero attached hydrogens (tertiary/aromatic N) is 2. The van der Waals surface area contributed by atoms with Gasteiger partial charge in [-0.25, -0.2) is 4.68 Å². The highest BCUT2D eigenvalue weighted by Crippen LogP contribution is 2.28. The number of hydrogen-bond acceptors (Lipinski definition) is 5. The highest BCUT2D eigenvalue weighted by Gasteiger charge is 2.25. The maximum absolute atomic E-state index is 12.4. The van der Waals surface area contributed by atoms with Gasteiger partial charge in [-0.15, -0.1) is 0 Å². The molecule has 1 aliphatic rings. The summed E-state index contributed by atoms with van der Waals surface area (Å²) in [6, 6.07) is 5.84. The van der Waals surface area contributed by atoms with E-state index in [1.807, 2.05) is 24.4 Å². The molecule has 0 saturated carbocycles. The third-order valence-corrected chi connectivity index (χ3v) is 4.48. The summed E-state index contributed by atoms with van der Waals surface area (Å²) >= 11 is 0. The Bertz CT molecular complexity index is 946. The third-order valence-electron chi connectivity index (χ3n) is 4.48. The van der Waals surface area contributed by atoms with Crippen molar-refractivity contribution in [3.63, 3.8) is 0 Å². The molecule has 3 heterocycles. The van der Waals surface area contributed by atoms with Crippen LogP contribution in [0.15, 0.2) is 30.6 Å². The van der Waals surface area contributed by atoms with Crippen LogP contribution in [0.1, 0.15) is 15.9 Å². The summed E-state index contributed by atoms with van der Waals surface area (Å²) in [5.41, 5.74) is 2.46. The van der Waals surface area contributed by atoms with Gasteiger partial charge in [-0.3, -0.25) is 4.79 Å². The first kappa shape index (κ1) is 16.5. The molecule has 0 saturated heterocycles. The van der Waals surface area contributed by atoms with Gasteiger partial charge in [0, 0.05) is 23.6 Å². The van der Waals surface area contributed by atoms with Crippen molar-refractivity contribution in [3.8, 4) is 11.6 Å². The Hall–Kier alpha value is -3.00. The van der Waals surface area contributed by atoms with E-state index in [2.05, 4.69) is 15.4 Å². The second-order valence-electron chi connectivity index (χ2n) is 6.21. The van der Waals surface area contributed by atoms with E-state index in [0.717, 1.165) is 22.2 Å². The fraction of sp³-hybridized carbons (Fsp3) is 0.333. The van der Waals surface area contributed by atoms with Crippen LogP contribution in [-0.2, 0) is 13.0 Å². The minimum absolute atomic E-state index is 0.168. The van der Waals surface area contributed by atoms with Crippen LogP contribution in [0.25, 0.3) is 10.9 Å². The first-order chi connectivity index (χ1) is 12.7. The molecule has 0 radical (unpaired) electrons. The summed E-state index contributed by atoms with van der Waals surface area (Å²) in [6.07, 6.45) is 3.47. The minimum atomic E-state index is -0.602. The monoisotopic (exact) mass is 356 g/mol. The van der Waals surface area contributed by atoms with E-state index in [1.165, 1.54) is 10.9 Å². The van der Waals surface area contributed by atoms with Crippen LogP contribution in [0.5, 0.6) is 11.6 Å². The average molecular weight is 356 g/mol. The highest BCUT2D eigenvalue weighted by atomic mass is 16.5. The molecule has 3 aromatic rings. The summed E-state index contributed by atoms with van der Waals surface area (Å²) < 4.78 is 12.4. The van der Waals surface area contributed by atoms with E-state index in [1.54, 1.807) is 7.11 Å². The molecule has 2 aromatic heterocycles. The Balaban J connectivity index is 1.43. The number of carbonyl (C=O) groups is 1. The van der Waals surface area contributed by atoms with Gasteiger partial charge in [-0.1, -0.05) is 6.07 Å². The Morgan fingerprint density at radius 1 is 1.54 bits per heavy atom. The number of fused-ring (bicyclic) bond motifs is 2. The molecule has 1 amide bonds. The van der Waals surface area contributed by atoms with Crippen molar-refractivity contribution in [2.45, 2.75) is 19.1 Å². The Morgan fingerprint density at radius 2 is 2.42 bits per heavy atom. The lowest BCUT2D eigenvalue weighted by Gasteiger charge is -2.20. The zero-order chi connectivity index (χ0) is 18.1. The summed E-state index contributed by atoms with van der Waals surface area (Å²) in [5.74, 6) is 0.971. The second-order valence-corrected chi connectivity index (χ2v) is 6.21. The predicted molar refractivity (Wildman–Crippen MR) is 94.6 cm³/mol. The molecule has 8 nitrogen and oxygen atoms in total. The van der Waals surface area contributed by atoms with Crippen molar-refractivity contribution >= 4 is 16.8 Å². The number of nitrogens with one attached hydrogen (secondary N) is 2. The van der Waals surface area contributed by atoms with E-state index in [4.69, 9.17) is 9.47 Å². The number of aromatic amines is 1. The molecule has 0 spiro atoms. The smallest absolute Gasteiger partial charge is 0.258 e. The molecule has 26 heavy (non-hydrogen) atoms. The van der Waals surface area contributed by atoms with E-state index in [-0.39, 0.29) is 12.5 Å². The van der Waals surface area contributed by atoms with Crippen LogP contribution in [0.2, 0.25) is 0 Å². The number of hydrogen-bond donors (Lipinski definition) is 3. The number of benzene rings is 1. The fourth-order valence-corrected chi connectivity index (χ4v) is 3.23. The van der Waals surface area contributed by atoms with Crippen LogP contribution in [0, 0.1) is 0 Å². The quantitative estimate of drug-likeness (QED) is 0.635. The Morgan fingerprint density at radius 3 is 3.27 bits per heavy atom. The van der Waals surface area contributed by atoms with Crippen molar-refractivity contribution in [2.75, 3.05) is 20.3 Å². The lowest BCUT2D eigenvalue weighted by Crippen LogP contribution is -2.32. The number of H-pyrrole nitrogens is 1. The summed E-state index contributed by atoms with van der Waals surface area (Å²) in [6.45, 7) is 0.968. The number of ether oxygens (including phenoxy) is 2. The largest absolute Gasteiger partial charge is 0.496 e. The maximum atomic E-state index is 12.4. The van der Waals surface area contributed by atoms with Gasteiger partial charge in [0.25, 0.3) is 5.91 Å². The average Bonchev–Trinajstić information content (AvgIpc) is 3.25. The highest BCUT2D eigenvalue weighted by molar-refractivity contribution is 5.96. The summed E-state index contributed by atoms with van der Waals surface area (Å²) in [7, 11) is 1.65. The number of carbonyl (C=O) groups excluding carboxylic acids is 1. The first-order valence-electron chi connectivity index (χ1n) is 8.45. The normalized spacial score (nSPS) is 16.2. The SMILES string of the molecule is COc1cccc2[nH]cc(CCNC(=O)c3cnn4c3OCC(O)C4)c12. The number of aromatic nitrogens is 3. The molecule has 136 valence electrons. The van der Waals surface area contributed by atoms with Crippen LogP contribution in [-0.4, -0.2) is 52.1 Å². The van der Waals surface area contributed by atoms with Crippen molar-refractivity contribution in [3.05, 3.63) is 41.7 Å². The first-order valence-corrected chi connectivity index (χ1v) is 8.45. The van der Waals surface area contributed by atoms with Crippen molar-refractivity contribution in [2.24, 2.45) is 0 Å². The fourth-order valence-electron chi connectivity index (χ4n) is 3.23. The second kappa shape index (κ2) is 6.72. The molecule has 1 atom stereocenters. The third kappa shape index (κ3) is 2.88.